The number of ketones is 1. The summed E-state index contributed by atoms with van der Waals surface area (Å²) in [6.07, 6.45) is 1.41. The maximum atomic E-state index is 11.8. The van der Waals surface area contributed by atoms with Gasteiger partial charge in [0.05, 0.1) is 18.8 Å². The smallest absolute Gasteiger partial charge is 0.170 e. The number of rotatable bonds is 6. The minimum Gasteiger partial charge on any atom is -0.494 e. The minimum atomic E-state index is 0.131. The summed E-state index contributed by atoms with van der Waals surface area (Å²) in [6, 6.07) is 15.8. The molecule has 1 aliphatic rings. The van der Waals surface area contributed by atoms with Gasteiger partial charge in [-0.1, -0.05) is 18.2 Å². The van der Waals surface area contributed by atoms with Crippen molar-refractivity contribution in [1.82, 2.24) is 0 Å². The number of Topliss-reactive ketones (excluding diaryl/α,β-unsaturated/α-hetero) is 1. The first-order valence-electron chi connectivity index (χ1n) is 7.43. The topological polar surface area (TPSA) is 35.5 Å². The highest BCUT2D eigenvalue weighted by molar-refractivity contribution is 7.99. The second-order valence-corrected chi connectivity index (χ2v) is 6.21. The van der Waals surface area contributed by atoms with Gasteiger partial charge in [-0.15, -0.1) is 11.8 Å². The molecule has 0 aromatic heterocycles. The Bertz CT molecular complexity index is 640. The second-order valence-electron chi connectivity index (χ2n) is 5.04. The van der Waals surface area contributed by atoms with Crippen LogP contribution in [0.4, 0.5) is 0 Å². The van der Waals surface area contributed by atoms with E-state index in [1.54, 1.807) is 6.07 Å². The van der Waals surface area contributed by atoms with Gasteiger partial charge >= 0.3 is 0 Å². The van der Waals surface area contributed by atoms with Crippen molar-refractivity contribution in [3.05, 3.63) is 54.1 Å². The van der Waals surface area contributed by atoms with Crippen LogP contribution in [-0.2, 0) is 0 Å². The molecule has 3 rings (SSSR count). The van der Waals surface area contributed by atoms with Crippen molar-refractivity contribution in [2.45, 2.75) is 17.7 Å². The molecule has 4 heteroatoms. The van der Waals surface area contributed by atoms with Gasteiger partial charge in [-0.3, -0.25) is 4.79 Å². The second kappa shape index (κ2) is 7.36. The molecule has 0 saturated carbocycles. The molecule has 0 atom stereocenters. The summed E-state index contributed by atoms with van der Waals surface area (Å²) in [7, 11) is 0. The molecule has 3 nitrogen and oxygen atoms in total. The van der Waals surface area contributed by atoms with Crippen molar-refractivity contribution in [3.63, 3.8) is 0 Å². The highest BCUT2D eigenvalue weighted by Gasteiger charge is 2.18. The zero-order valence-electron chi connectivity index (χ0n) is 12.3. The Labute approximate surface area is 134 Å². The molecule has 1 heterocycles. The maximum Gasteiger partial charge on any atom is 0.170 e. The summed E-state index contributed by atoms with van der Waals surface area (Å²) in [5, 5.41) is 0. The fraction of sp³-hybridized carbons (Fsp3) is 0.278. The van der Waals surface area contributed by atoms with Crippen LogP contribution in [0.2, 0.25) is 0 Å². The van der Waals surface area contributed by atoms with E-state index in [0.717, 1.165) is 17.9 Å². The summed E-state index contributed by atoms with van der Waals surface area (Å²) in [6.45, 7) is 1.12. The minimum absolute atomic E-state index is 0.131. The number of carbonyl (C=O) groups is 1. The molecule has 0 radical (unpaired) electrons. The fourth-order valence-corrected chi connectivity index (χ4v) is 3.13. The lowest BCUT2D eigenvalue weighted by Crippen LogP contribution is -2.15. The fourth-order valence-electron chi connectivity index (χ4n) is 2.29. The van der Waals surface area contributed by atoms with Crippen LogP contribution in [0.15, 0.2) is 53.4 Å². The summed E-state index contributed by atoms with van der Waals surface area (Å²) in [5.41, 5.74) is 0.641. The van der Waals surface area contributed by atoms with Crippen LogP contribution >= 0.6 is 11.8 Å². The standard InChI is InChI=1S/C18H18O3S/c19-17-9-11-21-18-8-7-14(13-16(17)18)20-10-4-12-22-15-5-2-1-3-6-15/h1-3,5-8,13H,4,9-12H2. The molecule has 0 saturated heterocycles. The highest BCUT2D eigenvalue weighted by atomic mass is 32.2. The largest absolute Gasteiger partial charge is 0.494 e. The number of benzene rings is 2. The first-order valence-corrected chi connectivity index (χ1v) is 8.42. The van der Waals surface area contributed by atoms with Gasteiger partial charge in [0.2, 0.25) is 0 Å². The summed E-state index contributed by atoms with van der Waals surface area (Å²) < 4.78 is 11.2. The van der Waals surface area contributed by atoms with Crippen LogP contribution in [0, 0.1) is 0 Å². The van der Waals surface area contributed by atoms with E-state index < -0.39 is 0 Å². The van der Waals surface area contributed by atoms with Crippen molar-refractivity contribution in [3.8, 4) is 11.5 Å². The molecule has 0 aliphatic carbocycles. The van der Waals surface area contributed by atoms with Crippen molar-refractivity contribution >= 4 is 17.5 Å². The van der Waals surface area contributed by atoms with Gasteiger partial charge in [-0.05, 0) is 36.8 Å². The SMILES string of the molecule is O=C1CCOc2ccc(OCCCSc3ccccc3)cc21. The van der Waals surface area contributed by atoms with Crippen molar-refractivity contribution in [2.24, 2.45) is 0 Å². The van der Waals surface area contributed by atoms with E-state index in [1.165, 1.54) is 4.90 Å². The van der Waals surface area contributed by atoms with Crippen LogP contribution < -0.4 is 9.47 Å². The van der Waals surface area contributed by atoms with Crippen LogP contribution in [0.3, 0.4) is 0 Å². The molecule has 0 amide bonds. The molecule has 114 valence electrons. The third-order valence-electron chi connectivity index (χ3n) is 3.41. The Hall–Kier alpha value is -1.94. The molecule has 0 bridgehead atoms. The molecule has 0 unspecified atom stereocenters. The van der Waals surface area contributed by atoms with Gasteiger partial charge in [0.1, 0.15) is 11.5 Å². The van der Waals surface area contributed by atoms with E-state index in [9.17, 15) is 4.79 Å². The van der Waals surface area contributed by atoms with E-state index in [2.05, 4.69) is 12.1 Å². The number of fused-ring (bicyclic) bond motifs is 1. The van der Waals surface area contributed by atoms with E-state index in [0.29, 0.717) is 30.9 Å². The van der Waals surface area contributed by atoms with Gasteiger partial charge < -0.3 is 9.47 Å². The Kier molecular flexibility index (Phi) is 5.01. The highest BCUT2D eigenvalue weighted by Crippen LogP contribution is 2.28. The van der Waals surface area contributed by atoms with Crippen LogP contribution in [0.5, 0.6) is 11.5 Å². The Balaban J connectivity index is 1.46. The quantitative estimate of drug-likeness (QED) is 0.591. The van der Waals surface area contributed by atoms with Crippen LogP contribution in [-0.4, -0.2) is 24.7 Å². The maximum absolute atomic E-state index is 11.8. The van der Waals surface area contributed by atoms with Gasteiger partial charge in [0.25, 0.3) is 0 Å². The van der Waals surface area contributed by atoms with Crippen LogP contribution in [0.25, 0.3) is 0 Å². The zero-order chi connectivity index (χ0) is 15.2. The van der Waals surface area contributed by atoms with Gasteiger partial charge in [-0.25, -0.2) is 0 Å². The van der Waals surface area contributed by atoms with Crippen molar-refractivity contribution in [1.29, 1.82) is 0 Å². The molecule has 2 aromatic carbocycles. The van der Waals surface area contributed by atoms with Gasteiger partial charge in [-0.2, -0.15) is 0 Å². The van der Waals surface area contributed by atoms with Gasteiger partial charge in [0, 0.05) is 17.1 Å². The van der Waals surface area contributed by atoms with E-state index >= 15 is 0 Å². The monoisotopic (exact) mass is 314 g/mol. The lowest BCUT2D eigenvalue weighted by Gasteiger charge is -2.17. The third-order valence-corrected chi connectivity index (χ3v) is 4.51. The molecular formula is C18H18O3S. The first-order chi connectivity index (χ1) is 10.8. The van der Waals surface area contributed by atoms with Gasteiger partial charge in [0.15, 0.2) is 5.78 Å². The van der Waals surface area contributed by atoms with Crippen molar-refractivity contribution in [2.75, 3.05) is 19.0 Å². The number of hydrogen-bond donors (Lipinski definition) is 0. The van der Waals surface area contributed by atoms with E-state index in [-0.39, 0.29) is 5.78 Å². The van der Waals surface area contributed by atoms with Crippen LogP contribution in [0.1, 0.15) is 23.2 Å². The average molecular weight is 314 g/mol. The lowest BCUT2D eigenvalue weighted by molar-refractivity contribution is 0.0933. The number of thioether (sulfide) groups is 1. The summed E-state index contributed by atoms with van der Waals surface area (Å²) in [5.74, 6) is 2.55. The average Bonchev–Trinajstić information content (AvgIpc) is 2.56. The summed E-state index contributed by atoms with van der Waals surface area (Å²) >= 11 is 1.82. The third kappa shape index (κ3) is 3.83. The Morgan fingerprint density at radius 1 is 1.14 bits per heavy atom. The van der Waals surface area contributed by atoms with Crippen molar-refractivity contribution < 1.29 is 14.3 Å². The molecule has 1 aliphatic heterocycles. The number of ether oxygens (including phenoxy) is 2. The molecule has 0 fully saturated rings. The molecule has 2 aromatic rings. The zero-order valence-corrected chi connectivity index (χ0v) is 13.1. The predicted octanol–water partition coefficient (Wildman–Crippen LogP) is 4.21. The molecular weight excluding hydrogens is 296 g/mol. The predicted molar refractivity (Wildman–Crippen MR) is 88.2 cm³/mol. The molecule has 0 spiro atoms. The lowest BCUT2D eigenvalue weighted by atomic mass is 10.0. The number of hydrogen-bond acceptors (Lipinski definition) is 4. The summed E-state index contributed by atoms with van der Waals surface area (Å²) in [4.78, 5) is 13.1. The first kappa shape index (κ1) is 15.0. The van der Waals surface area contributed by atoms with E-state index in [4.69, 9.17) is 9.47 Å². The molecule has 22 heavy (non-hydrogen) atoms. The Morgan fingerprint density at radius 3 is 2.86 bits per heavy atom. The number of carbonyl (C=O) groups excluding carboxylic acids is 1. The molecule has 0 N–H and O–H groups in total. The normalized spacial score (nSPS) is 13.4. The Morgan fingerprint density at radius 2 is 2.00 bits per heavy atom. The van der Waals surface area contributed by atoms with E-state index in [1.807, 2.05) is 42.1 Å².